The average Bonchev–Trinajstić information content (AvgIpc) is 3.13. The summed E-state index contributed by atoms with van der Waals surface area (Å²) >= 11 is 1.33. The molecule has 7 heteroatoms. The number of thioether (sulfide) groups is 1. The lowest BCUT2D eigenvalue weighted by atomic mass is 10.2. The van der Waals surface area contributed by atoms with E-state index >= 15 is 0 Å². The SMILES string of the molecule is CCCCNC(=O)C(CC)SC1=N/C(=C/c2ccc(OC(C)C)cc2)C(=O)N1c1ccccc1. The zero-order chi connectivity index (χ0) is 24.5. The van der Waals surface area contributed by atoms with Crippen molar-refractivity contribution in [2.75, 3.05) is 11.4 Å². The van der Waals surface area contributed by atoms with Crippen molar-refractivity contribution in [3.8, 4) is 5.75 Å². The molecule has 0 saturated heterocycles. The monoisotopic (exact) mass is 479 g/mol. The first-order valence-corrected chi connectivity index (χ1v) is 12.7. The van der Waals surface area contributed by atoms with Gasteiger partial charge in [-0.2, -0.15) is 0 Å². The lowest BCUT2D eigenvalue weighted by molar-refractivity contribution is -0.120. The minimum Gasteiger partial charge on any atom is -0.491 e. The number of amides is 2. The number of anilines is 1. The van der Waals surface area contributed by atoms with Crippen LogP contribution in [0.1, 0.15) is 52.5 Å². The van der Waals surface area contributed by atoms with Crippen LogP contribution in [-0.2, 0) is 9.59 Å². The molecule has 0 spiro atoms. The smallest absolute Gasteiger partial charge is 0.283 e. The predicted octanol–water partition coefficient (Wildman–Crippen LogP) is 5.65. The number of carbonyl (C=O) groups is 2. The largest absolute Gasteiger partial charge is 0.491 e. The molecule has 1 heterocycles. The molecule has 1 aliphatic heterocycles. The molecule has 180 valence electrons. The Hall–Kier alpha value is -3.06. The summed E-state index contributed by atoms with van der Waals surface area (Å²) in [5.74, 6) is 0.542. The Morgan fingerprint density at radius 1 is 1.12 bits per heavy atom. The molecule has 2 amide bonds. The van der Waals surface area contributed by atoms with Crippen LogP contribution in [0.25, 0.3) is 6.08 Å². The van der Waals surface area contributed by atoms with Crippen molar-refractivity contribution >= 4 is 40.5 Å². The van der Waals surface area contributed by atoms with Crippen LogP contribution in [0.3, 0.4) is 0 Å². The number of para-hydroxylation sites is 1. The van der Waals surface area contributed by atoms with E-state index in [9.17, 15) is 9.59 Å². The van der Waals surface area contributed by atoms with Crippen LogP contribution >= 0.6 is 11.8 Å². The number of unbranched alkanes of at least 4 members (excludes halogenated alkanes) is 1. The maximum absolute atomic E-state index is 13.4. The number of carbonyl (C=O) groups excluding carboxylic acids is 2. The van der Waals surface area contributed by atoms with Crippen molar-refractivity contribution in [3.63, 3.8) is 0 Å². The Kier molecular flexibility index (Phi) is 9.33. The third kappa shape index (κ3) is 6.73. The van der Waals surface area contributed by atoms with Crippen LogP contribution in [0.5, 0.6) is 5.75 Å². The summed E-state index contributed by atoms with van der Waals surface area (Å²) in [4.78, 5) is 32.4. The summed E-state index contributed by atoms with van der Waals surface area (Å²) in [5.41, 5.74) is 1.92. The molecule has 1 unspecified atom stereocenters. The van der Waals surface area contributed by atoms with Gasteiger partial charge >= 0.3 is 0 Å². The fourth-order valence-corrected chi connectivity index (χ4v) is 4.46. The van der Waals surface area contributed by atoms with Gasteiger partial charge in [-0.15, -0.1) is 0 Å². The van der Waals surface area contributed by atoms with Crippen LogP contribution in [0.4, 0.5) is 5.69 Å². The fourth-order valence-electron chi connectivity index (χ4n) is 3.40. The fraction of sp³-hybridized carbons (Fsp3) is 0.370. The first-order chi connectivity index (χ1) is 16.4. The van der Waals surface area contributed by atoms with Gasteiger partial charge in [0.1, 0.15) is 11.4 Å². The number of nitrogens with one attached hydrogen (secondary N) is 1. The number of ether oxygens (including phenoxy) is 1. The van der Waals surface area contributed by atoms with Crippen LogP contribution < -0.4 is 15.0 Å². The maximum Gasteiger partial charge on any atom is 0.283 e. The number of hydrogen-bond donors (Lipinski definition) is 1. The molecule has 2 aromatic carbocycles. The maximum atomic E-state index is 13.4. The highest BCUT2D eigenvalue weighted by molar-refractivity contribution is 8.15. The van der Waals surface area contributed by atoms with Crippen LogP contribution in [0.2, 0.25) is 0 Å². The molecular weight excluding hydrogens is 446 g/mol. The van der Waals surface area contributed by atoms with Gasteiger partial charge in [0.15, 0.2) is 5.17 Å². The van der Waals surface area contributed by atoms with Gasteiger partial charge < -0.3 is 10.1 Å². The number of nitrogens with zero attached hydrogens (tertiary/aromatic N) is 2. The third-order valence-electron chi connectivity index (χ3n) is 5.14. The van der Waals surface area contributed by atoms with Gasteiger partial charge in [-0.25, -0.2) is 4.99 Å². The summed E-state index contributed by atoms with van der Waals surface area (Å²) in [6.07, 6.45) is 4.46. The van der Waals surface area contributed by atoms with Crippen LogP contribution in [0, 0.1) is 0 Å². The number of amidine groups is 1. The van der Waals surface area contributed by atoms with Gasteiger partial charge in [-0.3, -0.25) is 14.5 Å². The highest BCUT2D eigenvalue weighted by Gasteiger charge is 2.34. The lowest BCUT2D eigenvalue weighted by Gasteiger charge is -2.21. The quantitative estimate of drug-likeness (QED) is 0.353. The normalized spacial score (nSPS) is 15.6. The molecule has 0 aliphatic carbocycles. The second kappa shape index (κ2) is 12.4. The van der Waals surface area contributed by atoms with Crippen molar-refractivity contribution in [1.29, 1.82) is 0 Å². The van der Waals surface area contributed by atoms with Gasteiger partial charge in [0, 0.05) is 6.54 Å². The first-order valence-electron chi connectivity index (χ1n) is 11.8. The predicted molar refractivity (Wildman–Crippen MR) is 141 cm³/mol. The molecule has 0 bridgehead atoms. The van der Waals surface area contributed by atoms with E-state index in [2.05, 4.69) is 17.2 Å². The van der Waals surface area contributed by atoms with Gasteiger partial charge in [0.2, 0.25) is 5.91 Å². The Morgan fingerprint density at radius 3 is 2.44 bits per heavy atom. The van der Waals surface area contributed by atoms with E-state index in [-0.39, 0.29) is 23.2 Å². The summed E-state index contributed by atoms with van der Waals surface area (Å²) in [5, 5.41) is 3.18. The summed E-state index contributed by atoms with van der Waals surface area (Å²) in [6.45, 7) is 8.67. The van der Waals surface area contributed by atoms with E-state index in [1.807, 2.05) is 75.4 Å². The highest BCUT2D eigenvalue weighted by atomic mass is 32.2. The Labute approximate surface area is 206 Å². The number of hydrogen-bond acceptors (Lipinski definition) is 5. The van der Waals surface area contributed by atoms with Gasteiger partial charge in [-0.1, -0.05) is 62.4 Å². The summed E-state index contributed by atoms with van der Waals surface area (Å²) < 4.78 is 5.70. The van der Waals surface area contributed by atoms with E-state index in [0.29, 0.717) is 23.8 Å². The molecule has 0 fully saturated rings. The standard InChI is InChI=1S/C27H33N3O3S/c1-5-7-17-28-25(31)24(6-2)34-27-29-23(26(32)30(27)21-11-9-8-10-12-21)18-20-13-15-22(16-14-20)33-19(3)4/h8-16,18-19,24H,5-7,17H2,1-4H3,(H,28,31)/b23-18+. The van der Waals surface area contributed by atoms with Crippen molar-refractivity contribution in [1.82, 2.24) is 5.32 Å². The van der Waals surface area contributed by atoms with E-state index in [1.165, 1.54) is 11.8 Å². The second-order valence-electron chi connectivity index (χ2n) is 8.30. The molecule has 34 heavy (non-hydrogen) atoms. The Balaban J connectivity index is 1.87. The van der Waals surface area contributed by atoms with E-state index in [4.69, 9.17) is 4.74 Å². The van der Waals surface area contributed by atoms with Gasteiger partial charge in [-0.05, 0) is 62.6 Å². The molecule has 6 nitrogen and oxygen atoms in total. The van der Waals surface area contributed by atoms with Crippen molar-refractivity contribution in [3.05, 3.63) is 65.9 Å². The van der Waals surface area contributed by atoms with Crippen LogP contribution in [-0.4, -0.2) is 34.9 Å². The molecular formula is C27H33N3O3S. The van der Waals surface area contributed by atoms with Crippen molar-refractivity contribution < 1.29 is 14.3 Å². The van der Waals surface area contributed by atoms with Crippen LogP contribution in [0.15, 0.2) is 65.3 Å². The average molecular weight is 480 g/mol. The van der Waals surface area contributed by atoms with E-state index in [1.54, 1.807) is 11.0 Å². The van der Waals surface area contributed by atoms with Gasteiger partial charge in [0.25, 0.3) is 5.91 Å². The highest BCUT2D eigenvalue weighted by Crippen LogP contribution is 2.32. The minimum absolute atomic E-state index is 0.0257. The molecule has 0 saturated carbocycles. The topological polar surface area (TPSA) is 71.0 Å². The second-order valence-corrected chi connectivity index (χ2v) is 9.46. The molecule has 2 aromatic rings. The molecule has 1 N–H and O–H groups in total. The molecule has 1 aliphatic rings. The van der Waals surface area contributed by atoms with Crippen molar-refractivity contribution in [2.24, 2.45) is 4.99 Å². The number of benzene rings is 2. The molecule has 3 rings (SSSR count). The lowest BCUT2D eigenvalue weighted by Crippen LogP contribution is -2.37. The third-order valence-corrected chi connectivity index (χ3v) is 6.46. The zero-order valence-corrected chi connectivity index (χ0v) is 21.1. The van der Waals surface area contributed by atoms with Crippen molar-refractivity contribution in [2.45, 2.75) is 58.3 Å². The number of aliphatic imine (C=N–C) groups is 1. The first kappa shape index (κ1) is 25.6. The van der Waals surface area contributed by atoms with E-state index < -0.39 is 0 Å². The summed E-state index contributed by atoms with van der Waals surface area (Å²) in [7, 11) is 0. The molecule has 0 radical (unpaired) electrons. The summed E-state index contributed by atoms with van der Waals surface area (Å²) in [6, 6.07) is 17.0. The zero-order valence-electron chi connectivity index (χ0n) is 20.3. The molecule has 0 aromatic heterocycles. The van der Waals surface area contributed by atoms with E-state index in [0.717, 1.165) is 29.8 Å². The molecule has 1 atom stereocenters. The Bertz CT molecular complexity index is 1030. The Morgan fingerprint density at radius 2 is 1.82 bits per heavy atom. The van der Waals surface area contributed by atoms with Gasteiger partial charge in [0.05, 0.1) is 17.0 Å². The minimum atomic E-state index is -0.332. The number of rotatable bonds is 10.